The van der Waals surface area contributed by atoms with Crippen molar-refractivity contribution in [1.29, 1.82) is 0 Å². The first-order valence-electron chi connectivity index (χ1n) is 7.18. The van der Waals surface area contributed by atoms with Gasteiger partial charge in [-0.3, -0.25) is 0 Å². The van der Waals surface area contributed by atoms with Gasteiger partial charge in [0.15, 0.2) is 0 Å². The van der Waals surface area contributed by atoms with E-state index in [0.717, 1.165) is 5.56 Å². The van der Waals surface area contributed by atoms with Crippen molar-refractivity contribution in [2.24, 2.45) is 0 Å². The standard InChI is InChI=1S/C16H21BrClNO4/c1-16(2,3)23-15(21)19-13(14(20)22-9-8-17)10-11-4-6-12(18)7-5-11/h4-7,13H,8-10H2,1-3H3,(H,19,21)/t13-/m0/s1. The zero-order chi connectivity index (χ0) is 17.5. The van der Waals surface area contributed by atoms with E-state index in [1.165, 1.54) is 0 Å². The monoisotopic (exact) mass is 405 g/mol. The minimum atomic E-state index is -0.829. The molecule has 1 rings (SSSR count). The minimum Gasteiger partial charge on any atom is -0.463 e. The van der Waals surface area contributed by atoms with Gasteiger partial charge in [0.05, 0.1) is 0 Å². The molecule has 23 heavy (non-hydrogen) atoms. The van der Waals surface area contributed by atoms with Crippen LogP contribution in [0.3, 0.4) is 0 Å². The van der Waals surface area contributed by atoms with Crippen LogP contribution in [0.4, 0.5) is 4.79 Å². The van der Waals surface area contributed by atoms with Crippen molar-refractivity contribution >= 4 is 39.6 Å². The Morgan fingerprint density at radius 3 is 2.39 bits per heavy atom. The Morgan fingerprint density at radius 1 is 1.26 bits per heavy atom. The number of carbonyl (C=O) groups excluding carboxylic acids is 2. The third-order valence-electron chi connectivity index (χ3n) is 2.65. The molecular formula is C16H21BrClNO4. The van der Waals surface area contributed by atoms with Crippen molar-refractivity contribution in [1.82, 2.24) is 5.32 Å². The van der Waals surface area contributed by atoms with E-state index in [1.54, 1.807) is 45.0 Å². The molecule has 0 aromatic heterocycles. The predicted molar refractivity (Wildman–Crippen MR) is 93.1 cm³/mol. The van der Waals surface area contributed by atoms with Gasteiger partial charge in [-0.25, -0.2) is 9.59 Å². The van der Waals surface area contributed by atoms with Crippen molar-refractivity contribution in [3.63, 3.8) is 0 Å². The molecule has 0 aliphatic carbocycles. The van der Waals surface area contributed by atoms with Gasteiger partial charge in [0.2, 0.25) is 0 Å². The van der Waals surface area contributed by atoms with Gasteiger partial charge in [0, 0.05) is 16.8 Å². The number of hydrogen-bond donors (Lipinski definition) is 1. The molecule has 7 heteroatoms. The summed E-state index contributed by atoms with van der Waals surface area (Å²) < 4.78 is 10.3. The topological polar surface area (TPSA) is 64.6 Å². The average molecular weight is 407 g/mol. The van der Waals surface area contributed by atoms with Crippen LogP contribution in [0, 0.1) is 0 Å². The quantitative estimate of drug-likeness (QED) is 0.578. The summed E-state index contributed by atoms with van der Waals surface area (Å²) in [5, 5.41) is 3.69. The summed E-state index contributed by atoms with van der Waals surface area (Å²) in [6.45, 7) is 5.49. The Labute approximate surface area is 149 Å². The van der Waals surface area contributed by atoms with Crippen molar-refractivity contribution in [3.8, 4) is 0 Å². The lowest BCUT2D eigenvalue weighted by Gasteiger charge is -2.23. The number of alkyl halides is 1. The average Bonchev–Trinajstić information content (AvgIpc) is 2.44. The first kappa shape index (κ1) is 19.8. The molecule has 0 saturated heterocycles. The molecule has 0 aliphatic rings. The van der Waals surface area contributed by atoms with Gasteiger partial charge >= 0.3 is 12.1 Å². The summed E-state index contributed by atoms with van der Waals surface area (Å²) in [5.74, 6) is -0.509. The lowest BCUT2D eigenvalue weighted by Crippen LogP contribution is -2.45. The largest absolute Gasteiger partial charge is 0.463 e. The Morgan fingerprint density at radius 2 is 1.87 bits per heavy atom. The van der Waals surface area contributed by atoms with Gasteiger partial charge < -0.3 is 14.8 Å². The molecule has 0 spiro atoms. The number of nitrogens with one attached hydrogen (secondary N) is 1. The van der Waals surface area contributed by atoms with E-state index in [9.17, 15) is 9.59 Å². The van der Waals surface area contributed by atoms with Gasteiger partial charge in [-0.05, 0) is 38.5 Å². The Hall–Kier alpha value is -1.27. The van der Waals surface area contributed by atoms with E-state index < -0.39 is 23.7 Å². The Bertz CT molecular complexity index is 528. The summed E-state index contributed by atoms with van der Waals surface area (Å²) in [5.41, 5.74) is 0.209. The lowest BCUT2D eigenvalue weighted by atomic mass is 10.1. The predicted octanol–water partition coefficient (Wildman–Crippen LogP) is 3.71. The van der Waals surface area contributed by atoms with Crippen LogP contribution in [0.2, 0.25) is 5.02 Å². The normalized spacial score (nSPS) is 12.4. The summed E-state index contributed by atoms with van der Waals surface area (Å²) in [7, 11) is 0. The summed E-state index contributed by atoms with van der Waals surface area (Å²) in [4.78, 5) is 24.1. The molecule has 1 N–H and O–H groups in total. The van der Waals surface area contributed by atoms with Crippen molar-refractivity contribution in [2.45, 2.75) is 38.8 Å². The molecular weight excluding hydrogens is 386 g/mol. The fraction of sp³-hybridized carbons (Fsp3) is 0.500. The molecule has 0 unspecified atom stereocenters. The molecule has 0 bridgehead atoms. The Kier molecular flexibility index (Phi) is 7.85. The maximum absolute atomic E-state index is 12.1. The molecule has 128 valence electrons. The van der Waals surface area contributed by atoms with E-state index in [4.69, 9.17) is 21.1 Å². The van der Waals surface area contributed by atoms with Crippen molar-refractivity contribution in [2.75, 3.05) is 11.9 Å². The highest BCUT2D eigenvalue weighted by Crippen LogP contribution is 2.13. The second-order valence-electron chi connectivity index (χ2n) is 5.89. The smallest absolute Gasteiger partial charge is 0.408 e. The first-order valence-corrected chi connectivity index (χ1v) is 8.68. The van der Waals surface area contributed by atoms with Crippen molar-refractivity contribution < 1.29 is 19.1 Å². The molecule has 1 aromatic carbocycles. The number of ether oxygens (including phenoxy) is 2. The van der Waals surface area contributed by atoms with Crippen LogP contribution >= 0.6 is 27.5 Å². The van der Waals surface area contributed by atoms with E-state index in [-0.39, 0.29) is 13.0 Å². The second kappa shape index (κ2) is 9.13. The van der Waals surface area contributed by atoms with Crippen LogP contribution in [0.1, 0.15) is 26.3 Å². The molecule has 5 nitrogen and oxygen atoms in total. The maximum atomic E-state index is 12.1. The number of benzene rings is 1. The number of hydrogen-bond acceptors (Lipinski definition) is 4. The van der Waals surface area contributed by atoms with Gasteiger partial charge in [-0.2, -0.15) is 0 Å². The molecule has 1 atom stereocenters. The highest BCUT2D eigenvalue weighted by atomic mass is 79.9. The first-order chi connectivity index (χ1) is 10.7. The third kappa shape index (κ3) is 8.23. The van der Waals surface area contributed by atoms with E-state index in [0.29, 0.717) is 10.4 Å². The van der Waals surface area contributed by atoms with E-state index in [1.807, 2.05) is 0 Å². The van der Waals surface area contributed by atoms with Gasteiger partial charge in [0.1, 0.15) is 18.2 Å². The van der Waals surface area contributed by atoms with Gasteiger partial charge in [-0.1, -0.05) is 39.7 Å². The van der Waals surface area contributed by atoms with E-state index >= 15 is 0 Å². The van der Waals surface area contributed by atoms with Gasteiger partial charge in [0.25, 0.3) is 0 Å². The molecule has 1 amide bonds. The lowest BCUT2D eigenvalue weighted by molar-refractivity contribution is -0.145. The summed E-state index contributed by atoms with van der Waals surface area (Å²) >= 11 is 9.04. The highest BCUT2D eigenvalue weighted by Gasteiger charge is 2.25. The van der Waals surface area contributed by atoms with Crippen LogP contribution < -0.4 is 5.32 Å². The number of rotatable bonds is 6. The van der Waals surface area contributed by atoms with Crippen LogP contribution in [-0.2, 0) is 20.7 Å². The summed E-state index contributed by atoms with van der Waals surface area (Å²) in [6.07, 6.45) is -0.371. The Balaban J connectivity index is 2.77. The van der Waals surface area contributed by atoms with Crippen LogP contribution in [0.25, 0.3) is 0 Å². The number of esters is 1. The zero-order valence-electron chi connectivity index (χ0n) is 13.4. The fourth-order valence-corrected chi connectivity index (χ4v) is 2.03. The maximum Gasteiger partial charge on any atom is 0.408 e. The molecule has 0 saturated carbocycles. The SMILES string of the molecule is CC(C)(C)OC(=O)N[C@@H](Cc1ccc(Cl)cc1)C(=O)OCCBr. The molecule has 0 aliphatic heterocycles. The fourth-order valence-electron chi connectivity index (χ4n) is 1.74. The van der Waals surface area contributed by atoms with Crippen LogP contribution in [0.15, 0.2) is 24.3 Å². The minimum absolute atomic E-state index is 0.228. The highest BCUT2D eigenvalue weighted by molar-refractivity contribution is 9.09. The van der Waals surface area contributed by atoms with Crippen molar-refractivity contribution in [3.05, 3.63) is 34.9 Å². The number of amides is 1. The van der Waals surface area contributed by atoms with Crippen LogP contribution in [-0.4, -0.2) is 35.6 Å². The van der Waals surface area contributed by atoms with Crippen LogP contribution in [0.5, 0.6) is 0 Å². The molecule has 0 heterocycles. The molecule has 0 radical (unpaired) electrons. The van der Waals surface area contributed by atoms with E-state index in [2.05, 4.69) is 21.2 Å². The molecule has 1 aromatic rings. The zero-order valence-corrected chi connectivity index (χ0v) is 15.7. The van der Waals surface area contributed by atoms with Gasteiger partial charge in [-0.15, -0.1) is 0 Å². The second-order valence-corrected chi connectivity index (χ2v) is 7.12. The summed E-state index contributed by atoms with van der Waals surface area (Å²) in [6, 6.07) is 6.22. The molecule has 0 fully saturated rings. The number of halogens is 2. The number of alkyl carbamates (subject to hydrolysis) is 1. The third-order valence-corrected chi connectivity index (χ3v) is 3.23. The number of carbonyl (C=O) groups is 2.